The van der Waals surface area contributed by atoms with Crippen molar-refractivity contribution in [2.24, 2.45) is 5.73 Å². The van der Waals surface area contributed by atoms with Gasteiger partial charge < -0.3 is 15.8 Å². The Bertz CT molecular complexity index is 1710. The van der Waals surface area contributed by atoms with Crippen LogP contribution in [0.3, 0.4) is 0 Å². The van der Waals surface area contributed by atoms with Gasteiger partial charge in [0.15, 0.2) is 5.78 Å². The molecule has 4 aromatic rings. The zero-order valence-electron chi connectivity index (χ0n) is 29.7. The average molecular weight is 786 g/mol. The number of thiazole rings is 2. The van der Waals surface area contributed by atoms with E-state index in [4.69, 9.17) is 10.5 Å². The third-order valence-corrected chi connectivity index (χ3v) is 8.96. The maximum Gasteiger partial charge on any atom is 0.408 e. The van der Waals surface area contributed by atoms with Crippen LogP contribution < -0.4 is 11.1 Å². The van der Waals surface area contributed by atoms with Crippen LogP contribution in [0.1, 0.15) is 77.3 Å². The Hall–Kier alpha value is -3.29. The van der Waals surface area contributed by atoms with E-state index in [1.54, 1.807) is 55.6 Å². The summed E-state index contributed by atoms with van der Waals surface area (Å²) in [5, 5.41) is 8.50. The second kappa shape index (κ2) is 22.6. The number of carbonyl (C=O) groups excluding carboxylic acids is 3. The van der Waals surface area contributed by atoms with Crippen molar-refractivity contribution in [3.05, 3.63) is 102 Å². The summed E-state index contributed by atoms with van der Waals surface area (Å²) in [6.45, 7) is 9.13. The molecule has 1 amide bonds. The van der Waals surface area contributed by atoms with Crippen molar-refractivity contribution in [2.75, 3.05) is 13.1 Å². The minimum absolute atomic E-state index is 0. The monoisotopic (exact) mass is 784 g/mol. The van der Waals surface area contributed by atoms with Crippen LogP contribution in [-0.4, -0.2) is 46.3 Å². The topological polar surface area (TPSA) is 124 Å². The molecule has 51 heavy (non-hydrogen) atoms. The first-order valence-corrected chi connectivity index (χ1v) is 18.0. The van der Waals surface area contributed by atoms with E-state index in [1.165, 1.54) is 12.1 Å². The fourth-order valence-corrected chi connectivity index (χ4v) is 6.01. The van der Waals surface area contributed by atoms with Crippen LogP contribution >= 0.6 is 47.5 Å². The number of rotatable bonds is 15. The number of nitrogens with two attached hydrogens (primary N) is 1. The predicted molar refractivity (Wildman–Crippen MR) is 206 cm³/mol. The minimum atomic E-state index is -0.619. The van der Waals surface area contributed by atoms with Crippen molar-refractivity contribution >= 4 is 65.1 Å². The Morgan fingerprint density at radius 3 is 1.57 bits per heavy atom. The lowest BCUT2D eigenvalue weighted by atomic mass is 10.0. The van der Waals surface area contributed by atoms with Gasteiger partial charge in [0.05, 0.1) is 34.5 Å². The Labute approximate surface area is 319 Å². The molecule has 0 aliphatic carbocycles. The van der Waals surface area contributed by atoms with Crippen LogP contribution in [0.5, 0.6) is 0 Å². The summed E-state index contributed by atoms with van der Waals surface area (Å²) in [4.78, 5) is 43.4. The first-order chi connectivity index (χ1) is 23.2. The number of benzene rings is 2. The molecular formula is C37H48Cl2F2N4O4S2. The zero-order chi connectivity index (χ0) is 36.0. The van der Waals surface area contributed by atoms with Crippen molar-refractivity contribution in [2.45, 2.75) is 91.6 Å². The maximum atomic E-state index is 14.3. The number of hydrogen-bond acceptors (Lipinski definition) is 9. The van der Waals surface area contributed by atoms with Gasteiger partial charge in [0.25, 0.3) is 0 Å². The number of hydrogen-bond donors (Lipinski definition) is 2. The molecule has 0 radical (unpaired) electrons. The molecule has 8 nitrogen and oxygen atoms in total. The number of nitrogens with zero attached hydrogens (tertiary/aromatic N) is 2. The molecular weight excluding hydrogens is 737 g/mol. The molecule has 4 rings (SSSR count). The van der Waals surface area contributed by atoms with Crippen molar-refractivity contribution in [1.29, 1.82) is 0 Å². The highest BCUT2D eigenvalue weighted by atomic mass is 35.5. The van der Waals surface area contributed by atoms with E-state index in [-0.39, 0.29) is 67.5 Å². The highest BCUT2D eigenvalue weighted by molar-refractivity contribution is 7.09. The van der Waals surface area contributed by atoms with E-state index < -0.39 is 11.7 Å². The fraction of sp³-hybridized carbons (Fsp3) is 0.432. The first-order valence-electron chi connectivity index (χ1n) is 16.3. The lowest BCUT2D eigenvalue weighted by Crippen LogP contribution is -2.35. The van der Waals surface area contributed by atoms with E-state index in [9.17, 15) is 23.2 Å². The summed E-state index contributed by atoms with van der Waals surface area (Å²) in [5.41, 5.74) is 9.57. The second-order valence-electron chi connectivity index (χ2n) is 12.7. The SMILES string of the molecule is Cc1nc(CCc2ccc(CCC(=O)CN)cc2F)cs1.Cc1nc(CCc2ccc(CCC(=O)CNC(=O)OC(C)(C)C)cc2F)cs1.Cl.Cl. The number of aryl methyl sites for hydroxylation is 8. The minimum Gasteiger partial charge on any atom is -0.444 e. The zero-order valence-corrected chi connectivity index (χ0v) is 32.9. The van der Waals surface area contributed by atoms with Gasteiger partial charge in [0, 0.05) is 23.6 Å². The molecule has 280 valence electrons. The number of ketones is 2. The molecule has 0 saturated heterocycles. The Morgan fingerprint density at radius 1 is 0.745 bits per heavy atom. The van der Waals surface area contributed by atoms with Crippen molar-refractivity contribution in [1.82, 2.24) is 15.3 Å². The number of alkyl carbamates (subject to hydrolysis) is 1. The van der Waals surface area contributed by atoms with Gasteiger partial charge in [0.1, 0.15) is 23.0 Å². The largest absolute Gasteiger partial charge is 0.444 e. The highest BCUT2D eigenvalue weighted by Crippen LogP contribution is 2.18. The summed E-state index contributed by atoms with van der Waals surface area (Å²) in [6, 6.07) is 10.3. The van der Waals surface area contributed by atoms with Crippen molar-refractivity contribution in [3.8, 4) is 0 Å². The molecule has 2 aromatic carbocycles. The van der Waals surface area contributed by atoms with Crippen LogP contribution in [0.4, 0.5) is 13.6 Å². The van der Waals surface area contributed by atoms with Gasteiger partial charge >= 0.3 is 6.09 Å². The van der Waals surface area contributed by atoms with Crippen LogP contribution in [0.2, 0.25) is 0 Å². The normalized spacial score (nSPS) is 10.7. The fourth-order valence-electron chi connectivity index (χ4n) is 4.71. The quantitative estimate of drug-likeness (QED) is 0.125. The molecule has 14 heteroatoms. The van der Waals surface area contributed by atoms with Gasteiger partial charge in [-0.05, 0) is 108 Å². The molecule has 0 atom stereocenters. The summed E-state index contributed by atoms with van der Waals surface area (Å²) in [7, 11) is 0. The predicted octanol–water partition coefficient (Wildman–Crippen LogP) is 8.08. The van der Waals surface area contributed by atoms with E-state index in [1.807, 2.05) is 36.7 Å². The smallest absolute Gasteiger partial charge is 0.408 e. The third kappa shape index (κ3) is 17.7. The molecule has 2 heterocycles. The number of Topliss-reactive ketones (excluding diaryl/α,β-unsaturated/α-hetero) is 2. The first kappa shape index (κ1) is 45.7. The van der Waals surface area contributed by atoms with Crippen molar-refractivity contribution in [3.63, 3.8) is 0 Å². The van der Waals surface area contributed by atoms with Crippen LogP contribution in [0.25, 0.3) is 0 Å². The number of nitrogens with one attached hydrogen (secondary N) is 1. The number of ether oxygens (including phenoxy) is 1. The molecule has 0 unspecified atom stereocenters. The molecule has 0 fully saturated rings. The van der Waals surface area contributed by atoms with Gasteiger partial charge in [-0.25, -0.2) is 23.5 Å². The average Bonchev–Trinajstić information content (AvgIpc) is 3.67. The van der Waals surface area contributed by atoms with Gasteiger partial charge in [-0.2, -0.15) is 0 Å². The van der Waals surface area contributed by atoms with E-state index >= 15 is 0 Å². The number of amides is 1. The summed E-state index contributed by atoms with van der Waals surface area (Å²) in [6.07, 6.45) is 3.62. The molecule has 0 aliphatic rings. The van der Waals surface area contributed by atoms with Crippen molar-refractivity contribution < 1.29 is 27.9 Å². The summed E-state index contributed by atoms with van der Waals surface area (Å²) < 4.78 is 33.4. The molecule has 0 saturated carbocycles. The second-order valence-corrected chi connectivity index (χ2v) is 14.8. The molecule has 0 spiro atoms. The van der Waals surface area contributed by atoms with E-state index in [2.05, 4.69) is 15.3 Å². The van der Waals surface area contributed by atoms with Crippen LogP contribution in [0, 0.1) is 25.5 Å². The Morgan fingerprint density at radius 2 is 1.20 bits per heavy atom. The van der Waals surface area contributed by atoms with Gasteiger partial charge in [0.2, 0.25) is 0 Å². The van der Waals surface area contributed by atoms with E-state index in [0.717, 1.165) is 39.0 Å². The van der Waals surface area contributed by atoms with Crippen LogP contribution in [-0.2, 0) is 52.9 Å². The molecule has 2 aromatic heterocycles. The standard InChI is InChI=1S/C21H27FN2O3S.C16H19FN2OS.2ClH/c1-14-24-17(13-28-14)9-8-16-7-5-15(11-19(16)22)6-10-18(25)12-23-20(26)27-21(2,3)4;1-11-19-14(10-21-11)6-5-13-4-2-12(8-16(13)17)3-7-15(20)9-18;;/h5,7,11,13H,6,8-10,12H2,1-4H3,(H,23,26);2,4,8,10H,3,5-7,9,18H2,1H3;2*1H. The summed E-state index contributed by atoms with van der Waals surface area (Å²) in [5.74, 6) is -0.601. The van der Waals surface area contributed by atoms with Gasteiger partial charge in [-0.3, -0.25) is 9.59 Å². The number of halogens is 4. The Kier molecular flexibility index (Phi) is 20.3. The third-order valence-electron chi connectivity index (χ3n) is 7.31. The Balaban J connectivity index is 0.000000509. The van der Waals surface area contributed by atoms with Crippen LogP contribution in [0.15, 0.2) is 47.2 Å². The maximum absolute atomic E-state index is 14.3. The summed E-state index contributed by atoms with van der Waals surface area (Å²) >= 11 is 3.20. The number of carbonyl (C=O) groups is 3. The van der Waals surface area contributed by atoms with Gasteiger partial charge in [-0.15, -0.1) is 47.5 Å². The molecule has 0 aliphatic heterocycles. The highest BCUT2D eigenvalue weighted by Gasteiger charge is 2.17. The molecule has 0 bridgehead atoms. The lowest BCUT2D eigenvalue weighted by Gasteiger charge is -2.19. The van der Waals surface area contributed by atoms with Gasteiger partial charge in [-0.1, -0.05) is 24.3 Å². The van der Waals surface area contributed by atoms with E-state index in [0.29, 0.717) is 49.7 Å². The number of aromatic nitrogens is 2. The molecule has 3 N–H and O–H groups in total. The lowest BCUT2D eigenvalue weighted by molar-refractivity contribution is -0.118.